The van der Waals surface area contributed by atoms with Crippen LogP contribution in [0.4, 0.5) is 0 Å². The molecule has 2 amide bonds. The molecule has 0 aliphatic heterocycles. The molecule has 0 aliphatic carbocycles. The van der Waals surface area contributed by atoms with Crippen LogP contribution < -0.4 is 16.5 Å². The van der Waals surface area contributed by atoms with Crippen molar-refractivity contribution in [2.45, 2.75) is 13.8 Å². The van der Waals surface area contributed by atoms with Gasteiger partial charge in [0.25, 0.3) is 5.91 Å². The molecule has 0 atom stereocenters. The number of carbonyl (C=O) groups excluding carboxylic acids is 2. The van der Waals surface area contributed by atoms with E-state index in [1.807, 2.05) is 13.8 Å². The van der Waals surface area contributed by atoms with E-state index in [1.165, 1.54) is 0 Å². The maximum atomic E-state index is 11.0. The minimum Gasteiger partial charge on any atom is -0.346 e. The fraction of sp³-hybridized carbons (Fsp3) is 0.750. The van der Waals surface area contributed by atoms with Crippen molar-refractivity contribution in [2.75, 3.05) is 19.7 Å². The topological polar surface area (TPSA) is 93.5 Å². The van der Waals surface area contributed by atoms with Gasteiger partial charge in [0.2, 0.25) is 5.91 Å². The smallest absolute Gasteiger partial charge is 0.262 e. The lowest BCUT2D eigenvalue weighted by atomic mass is 10.2. The lowest BCUT2D eigenvalue weighted by Crippen LogP contribution is -2.39. The van der Waals surface area contributed by atoms with Crippen LogP contribution >= 0.6 is 0 Å². The average molecular weight is 203 g/mol. The zero-order valence-electron chi connectivity index (χ0n) is 8.50. The molecule has 6 nitrogen and oxygen atoms in total. The molecule has 0 saturated heterocycles. The lowest BCUT2D eigenvalue weighted by molar-refractivity contribution is -0.135. The third-order valence-corrected chi connectivity index (χ3v) is 1.23. The molecule has 4 N–H and O–H groups in total. The van der Waals surface area contributed by atoms with E-state index in [0.717, 1.165) is 0 Å². The molecule has 0 heterocycles. The highest BCUT2D eigenvalue weighted by Gasteiger charge is 2.03. The Kier molecular flexibility index (Phi) is 6.69. The van der Waals surface area contributed by atoms with Crippen molar-refractivity contribution < 1.29 is 14.4 Å². The zero-order valence-corrected chi connectivity index (χ0v) is 8.50. The number of hydrogen-bond donors (Lipinski definition) is 3. The van der Waals surface area contributed by atoms with Crippen LogP contribution in [0, 0.1) is 5.92 Å². The summed E-state index contributed by atoms with van der Waals surface area (Å²) in [4.78, 5) is 26.4. The van der Waals surface area contributed by atoms with Gasteiger partial charge >= 0.3 is 0 Å². The van der Waals surface area contributed by atoms with Gasteiger partial charge in [-0.1, -0.05) is 13.8 Å². The third kappa shape index (κ3) is 7.51. The highest BCUT2D eigenvalue weighted by atomic mass is 16.6. The normalized spacial score (nSPS) is 10.0. The molecule has 0 unspecified atom stereocenters. The maximum Gasteiger partial charge on any atom is 0.262 e. The maximum absolute atomic E-state index is 11.0. The zero-order chi connectivity index (χ0) is 11.0. The summed E-state index contributed by atoms with van der Waals surface area (Å²) in [6.07, 6.45) is 0. The largest absolute Gasteiger partial charge is 0.346 e. The summed E-state index contributed by atoms with van der Waals surface area (Å²) in [5.74, 6) is -0.426. The fourth-order valence-electron chi connectivity index (χ4n) is 0.576. The van der Waals surface area contributed by atoms with Gasteiger partial charge in [-0.05, 0) is 5.92 Å². The van der Waals surface area contributed by atoms with E-state index in [-0.39, 0.29) is 19.0 Å². The van der Waals surface area contributed by atoms with E-state index in [9.17, 15) is 9.59 Å². The minimum atomic E-state index is -0.396. The molecule has 0 aromatic carbocycles. The second-order valence-corrected chi connectivity index (χ2v) is 3.21. The van der Waals surface area contributed by atoms with Crippen molar-refractivity contribution in [2.24, 2.45) is 11.7 Å². The Bertz CT molecular complexity index is 194. The van der Waals surface area contributed by atoms with Crippen LogP contribution in [0.5, 0.6) is 0 Å². The fourth-order valence-corrected chi connectivity index (χ4v) is 0.576. The summed E-state index contributed by atoms with van der Waals surface area (Å²) in [6, 6.07) is 0. The Labute approximate surface area is 83.1 Å². The molecule has 0 radical (unpaired) electrons. The Morgan fingerprint density at radius 3 is 2.50 bits per heavy atom. The highest BCUT2D eigenvalue weighted by molar-refractivity contribution is 5.84. The monoisotopic (exact) mass is 203 g/mol. The number of hydroxylamine groups is 1. The minimum absolute atomic E-state index is 0.117. The molecule has 0 fully saturated rings. The van der Waals surface area contributed by atoms with Crippen LogP contribution in [0.1, 0.15) is 13.8 Å². The van der Waals surface area contributed by atoms with Crippen molar-refractivity contribution in [3.63, 3.8) is 0 Å². The standard InChI is InChI=1S/C8H17N3O3/c1-6(2)5-14-11-8(13)4-10-7(12)3-9/h6H,3-5,9H2,1-2H3,(H,10,12)(H,11,13). The van der Waals surface area contributed by atoms with Gasteiger partial charge in [0.15, 0.2) is 0 Å². The summed E-state index contributed by atoms with van der Waals surface area (Å²) in [6.45, 7) is 4.12. The summed E-state index contributed by atoms with van der Waals surface area (Å²) in [7, 11) is 0. The van der Waals surface area contributed by atoms with Crippen LogP contribution in [0.3, 0.4) is 0 Å². The van der Waals surface area contributed by atoms with Crippen LogP contribution in [0.25, 0.3) is 0 Å². The van der Waals surface area contributed by atoms with Gasteiger partial charge in [-0.15, -0.1) is 0 Å². The van der Waals surface area contributed by atoms with Crippen molar-refractivity contribution in [3.05, 3.63) is 0 Å². The summed E-state index contributed by atoms with van der Waals surface area (Å²) in [5.41, 5.74) is 7.22. The van der Waals surface area contributed by atoms with E-state index in [0.29, 0.717) is 12.5 Å². The Balaban J connectivity index is 3.42. The second kappa shape index (κ2) is 7.28. The first-order valence-electron chi connectivity index (χ1n) is 4.43. The van der Waals surface area contributed by atoms with Crippen molar-refractivity contribution in [1.29, 1.82) is 0 Å². The van der Waals surface area contributed by atoms with Crippen molar-refractivity contribution in [1.82, 2.24) is 10.8 Å². The van der Waals surface area contributed by atoms with Gasteiger partial charge in [0, 0.05) is 0 Å². The van der Waals surface area contributed by atoms with Crippen LogP contribution in [0.15, 0.2) is 0 Å². The molecule has 0 bridgehead atoms. The molecule has 0 aromatic heterocycles. The molecule has 82 valence electrons. The first kappa shape index (κ1) is 12.9. The molecule has 14 heavy (non-hydrogen) atoms. The average Bonchev–Trinajstić information content (AvgIpc) is 2.13. The van der Waals surface area contributed by atoms with Crippen molar-refractivity contribution in [3.8, 4) is 0 Å². The molecule has 0 spiro atoms. The lowest BCUT2D eigenvalue weighted by Gasteiger charge is -2.07. The van der Waals surface area contributed by atoms with Crippen molar-refractivity contribution >= 4 is 11.8 Å². The van der Waals surface area contributed by atoms with Gasteiger partial charge in [-0.25, -0.2) is 5.48 Å². The van der Waals surface area contributed by atoms with Crippen LogP contribution in [-0.4, -0.2) is 31.5 Å². The van der Waals surface area contributed by atoms with E-state index in [2.05, 4.69) is 10.8 Å². The Hall–Kier alpha value is -1.14. The van der Waals surface area contributed by atoms with E-state index < -0.39 is 5.91 Å². The van der Waals surface area contributed by atoms with Gasteiger partial charge in [-0.3, -0.25) is 14.4 Å². The number of carbonyl (C=O) groups is 2. The molecular weight excluding hydrogens is 186 g/mol. The predicted octanol–water partition coefficient (Wildman–Crippen LogP) is -1.23. The van der Waals surface area contributed by atoms with Crippen LogP contribution in [0.2, 0.25) is 0 Å². The second-order valence-electron chi connectivity index (χ2n) is 3.21. The van der Waals surface area contributed by atoms with Gasteiger partial charge < -0.3 is 11.1 Å². The quantitative estimate of drug-likeness (QED) is 0.471. The van der Waals surface area contributed by atoms with Gasteiger partial charge in [0.05, 0.1) is 19.7 Å². The molecular formula is C8H17N3O3. The number of amides is 2. The predicted molar refractivity (Wildman–Crippen MR) is 51.0 cm³/mol. The summed E-state index contributed by atoms with van der Waals surface area (Å²) in [5, 5.41) is 2.31. The van der Waals surface area contributed by atoms with E-state index >= 15 is 0 Å². The first-order chi connectivity index (χ1) is 6.56. The molecule has 0 aromatic rings. The number of nitrogens with one attached hydrogen (secondary N) is 2. The Morgan fingerprint density at radius 1 is 1.36 bits per heavy atom. The highest BCUT2D eigenvalue weighted by Crippen LogP contribution is 1.89. The first-order valence-corrected chi connectivity index (χ1v) is 4.43. The number of nitrogens with two attached hydrogens (primary N) is 1. The third-order valence-electron chi connectivity index (χ3n) is 1.23. The number of hydrogen-bond acceptors (Lipinski definition) is 4. The SMILES string of the molecule is CC(C)CONC(=O)CNC(=O)CN. The van der Waals surface area contributed by atoms with E-state index in [1.54, 1.807) is 0 Å². The van der Waals surface area contributed by atoms with Gasteiger partial charge in [-0.2, -0.15) is 0 Å². The summed E-state index contributed by atoms with van der Waals surface area (Å²) >= 11 is 0. The van der Waals surface area contributed by atoms with E-state index in [4.69, 9.17) is 10.6 Å². The van der Waals surface area contributed by atoms with Gasteiger partial charge in [0.1, 0.15) is 0 Å². The summed E-state index contributed by atoms with van der Waals surface area (Å²) < 4.78 is 0. The van der Waals surface area contributed by atoms with Crippen LogP contribution in [-0.2, 0) is 14.4 Å². The molecule has 0 aliphatic rings. The Morgan fingerprint density at radius 2 is 2.00 bits per heavy atom. The molecule has 0 rings (SSSR count). The number of rotatable bonds is 6. The molecule has 0 saturated carbocycles. The molecule has 6 heteroatoms.